The highest BCUT2D eigenvalue weighted by Gasteiger charge is 2.49. The fraction of sp³-hybridized carbons (Fsp3) is 0.429. The van der Waals surface area contributed by atoms with Crippen LogP contribution in [-0.2, 0) is 11.8 Å². The van der Waals surface area contributed by atoms with Crippen molar-refractivity contribution >= 4 is 17.5 Å². The normalized spacial score (nSPS) is 24.1. The molecule has 1 N–H and O–H groups in total. The summed E-state index contributed by atoms with van der Waals surface area (Å²) in [5.74, 6) is -0.0454. The van der Waals surface area contributed by atoms with Gasteiger partial charge in [-0.25, -0.2) is 0 Å². The summed E-state index contributed by atoms with van der Waals surface area (Å²) in [7, 11) is 1.82. The molecule has 2 aliphatic heterocycles. The van der Waals surface area contributed by atoms with Gasteiger partial charge >= 0.3 is 0 Å². The van der Waals surface area contributed by atoms with Crippen LogP contribution in [0.15, 0.2) is 24.7 Å². The first kappa shape index (κ1) is 13.1. The van der Waals surface area contributed by atoms with Gasteiger partial charge in [-0.1, -0.05) is 0 Å². The number of aromatic nitrogens is 4. The van der Waals surface area contributed by atoms with Crippen LogP contribution < -0.4 is 4.90 Å². The molecule has 2 aromatic rings. The van der Waals surface area contributed by atoms with Gasteiger partial charge in [-0.3, -0.25) is 19.4 Å². The number of aryl methyl sites for hydroxylation is 1. The second kappa shape index (κ2) is 4.69. The van der Waals surface area contributed by atoms with E-state index < -0.39 is 0 Å². The van der Waals surface area contributed by atoms with Crippen LogP contribution in [0.5, 0.6) is 0 Å². The summed E-state index contributed by atoms with van der Waals surface area (Å²) in [5.41, 5.74) is 1.27. The molecule has 2 saturated heterocycles. The molecular weight excluding hydrogens is 284 g/mol. The van der Waals surface area contributed by atoms with Crippen LogP contribution in [0.4, 0.5) is 5.69 Å². The lowest BCUT2D eigenvalue weighted by Crippen LogP contribution is -2.40. The number of carbonyl (C=O) groups excluding carboxylic acids is 2. The first-order chi connectivity index (χ1) is 10.6. The number of nitrogens with one attached hydrogen (secondary N) is 1. The third-order valence-corrected chi connectivity index (χ3v) is 4.46. The Morgan fingerprint density at radius 2 is 2.27 bits per heavy atom. The lowest BCUT2D eigenvalue weighted by Gasteiger charge is -2.24. The van der Waals surface area contributed by atoms with Gasteiger partial charge in [0.2, 0.25) is 5.91 Å². The summed E-state index contributed by atoms with van der Waals surface area (Å²) in [5, 5.41) is 10.7. The van der Waals surface area contributed by atoms with E-state index in [0.29, 0.717) is 18.7 Å². The average molecular weight is 300 g/mol. The molecular formula is C14H16N6O2. The summed E-state index contributed by atoms with van der Waals surface area (Å²) >= 11 is 0. The molecule has 4 rings (SSSR count). The van der Waals surface area contributed by atoms with Crippen LogP contribution in [0.3, 0.4) is 0 Å². The molecule has 0 saturated carbocycles. The van der Waals surface area contributed by atoms with Crippen LogP contribution in [0.25, 0.3) is 0 Å². The van der Waals surface area contributed by atoms with Crippen molar-refractivity contribution in [1.29, 1.82) is 0 Å². The van der Waals surface area contributed by atoms with Crippen molar-refractivity contribution in [3.63, 3.8) is 0 Å². The van der Waals surface area contributed by atoms with Crippen LogP contribution in [0.2, 0.25) is 0 Å². The smallest absolute Gasteiger partial charge is 0.272 e. The number of hydrogen-bond acceptors (Lipinski definition) is 4. The predicted octanol–water partition coefficient (Wildman–Crippen LogP) is 0.163. The number of carbonyl (C=O) groups is 2. The number of hydrogen-bond donors (Lipinski definition) is 1. The first-order valence-corrected chi connectivity index (χ1v) is 7.26. The van der Waals surface area contributed by atoms with E-state index >= 15 is 0 Å². The molecule has 8 heteroatoms. The first-order valence-electron chi connectivity index (χ1n) is 7.26. The summed E-state index contributed by atoms with van der Waals surface area (Å²) in [4.78, 5) is 28.5. The molecule has 0 spiro atoms. The van der Waals surface area contributed by atoms with Crippen molar-refractivity contribution in [3.05, 3.63) is 30.4 Å². The Balaban J connectivity index is 1.60. The van der Waals surface area contributed by atoms with E-state index in [4.69, 9.17) is 0 Å². The Labute approximate surface area is 126 Å². The second-order valence-electron chi connectivity index (χ2n) is 5.73. The van der Waals surface area contributed by atoms with E-state index in [1.807, 2.05) is 13.2 Å². The van der Waals surface area contributed by atoms with Crippen molar-refractivity contribution in [2.45, 2.75) is 24.9 Å². The van der Waals surface area contributed by atoms with Gasteiger partial charge in [-0.15, -0.1) is 0 Å². The molecule has 0 bridgehead atoms. The van der Waals surface area contributed by atoms with E-state index in [-0.39, 0.29) is 23.9 Å². The standard InChI is InChI=1S/C14H16N6O2/c1-18-8-9(7-16-18)20-11-3-5-19(12(11)6-13(20)21)14(22)10-2-4-15-17-10/h2,4,7-8,11-12H,3,5-6H2,1H3,(H,15,17). The lowest BCUT2D eigenvalue weighted by molar-refractivity contribution is -0.117. The molecule has 4 heterocycles. The zero-order valence-corrected chi connectivity index (χ0v) is 12.1. The molecule has 2 amide bonds. The molecule has 2 aliphatic rings. The number of H-pyrrole nitrogens is 1. The van der Waals surface area contributed by atoms with E-state index in [9.17, 15) is 9.59 Å². The van der Waals surface area contributed by atoms with Crippen molar-refractivity contribution in [3.8, 4) is 0 Å². The summed E-state index contributed by atoms with van der Waals surface area (Å²) in [6.07, 6.45) is 6.23. The number of amides is 2. The number of rotatable bonds is 2. The van der Waals surface area contributed by atoms with Crippen LogP contribution in [0.1, 0.15) is 23.3 Å². The molecule has 114 valence electrons. The quantitative estimate of drug-likeness (QED) is 0.856. The maximum absolute atomic E-state index is 12.5. The van der Waals surface area contributed by atoms with Gasteiger partial charge in [0.15, 0.2) is 0 Å². The Kier molecular flexibility index (Phi) is 2.78. The molecule has 2 aromatic heterocycles. The minimum atomic E-state index is -0.0918. The van der Waals surface area contributed by atoms with Crippen molar-refractivity contribution in [2.75, 3.05) is 11.4 Å². The molecule has 0 radical (unpaired) electrons. The number of nitrogens with zero attached hydrogens (tertiary/aromatic N) is 5. The van der Waals surface area contributed by atoms with E-state index in [1.165, 1.54) is 0 Å². The lowest BCUT2D eigenvalue weighted by atomic mass is 10.1. The molecule has 0 aromatic carbocycles. The molecule has 22 heavy (non-hydrogen) atoms. The number of likely N-dealkylation sites (tertiary alicyclic amines) is 1. The summed E-state index contributed by atoms with van der Waals surface area (Å²) < 4.78 is 1.68. The largest absolute Gasteiger partial charge is 0.332 e. The predicted molar refractivity (Wildman–Crippen MR) is 77.1 cm³/mol. The van der Waals surface area contributed by atoms with Gasteiger partial charge in [0.1, 0.15) is 5.69 Å². The monoisotopic (exact) mass is 300 g/mol. The van der Waals surface area contributed by atoms with Crippen molar-refractivity contribution in [2.24, 2.45) is 7.05 Å². The van der Waals surface area contributed by atoms with Gasteiger partial charge in [0.25, 0.3) is 5.91 Å². The third-order valence-electron chi connectivity index (χ3n) is 4.46. The molecule has 8 nitrogen and oxygen atoms in total. The topological polar surface area (TPSA) is 87.1 Å². The molecule has 2 atom stereocenters. The van der Waals surface area contributed by atoms with Gasteiger partial charge in [-0.2, -0.15) is 10.2 Å². The van der Waals surface area contributed by atoms with Gasteiger partial charge in [-0.05, 0) is 12.5 Å². The highest BCUT2D eigenvalue weighted by molar-refractivity contribution is 5.99. The van der Waals surface area contributed by atoms with Gasteiger partial charge < -0.3 is 9.80 Å². The number of aromatic amines is 1. The number of fused-ring (bicyclic) bond motifs is 1. The third kappa shape index (κ3) is 1.83. The van der Waals surface area contributed by atoms with E-state index in [0.717, 1.165) is 12.1 Å². The molecule has 2 unspecified atom stereocenters. The molecule has 2 fully saturated rings. The minimum absolute atomic E-state index is 0.0311. The Morgan fingerprint density at radius 1 is 1.41 bits per heavy atom. The molecule has 0 aliphatic carbocycles. The fourth-order valence-corrected chi connectivity index (χ4v) is 3.50. The SMILES string of the molecule is Cn1cc(N2C(=O)CC3C2CCN3C(=O)c2ccn[nH]2)cn1. The van der Waals surface area contributed by atoms with Crippen molar-refractivity contribution in [1.82, 2.24) is 24.9 Å². The number of anilines is 1. The average Bonchev–Trinajstić information content (AvgIpc) is 3.22. The second-order valence-corrected chi connectivity index (χ2v) is 5.73. The Bertz CT molecular complexity index is 722. The van der Waals surface area contributed by atoms with Crippen LogP contribution in [-0.4, -0.2) is 55.3 Å². The van der Waals surface area contributed by atoms with E-state index in [1.54, 1.807) is 32.9 Å². The highest BCUT2D eigenvalue weighted by atomic mass is 16.2. The van der Waals surface area contributed by atoms with Gasteiger partial charge in [0.05, 0.1) is 24.0 Å². The highest BCUT2D eigenvalue weighted by Crippen LogP contribution is 2.36. The summed E-state index contributed by atoms with van der Waals surface area (Å²) in [6.45, 7) is 0.650. The van der Waals surface area contributed by atoms with E-state index in [2.05, 4.69) is 15.3 Å². The maximum Gasteiger partial charge on any atom is 0.272 e. The zero-order chi connectivity index (χ0) is 15.3. The summed E-state index contributed by atoms with van der Waals surface area (Å²) in [6, 6.07) is 1.61. The maximum atomic E-state index is 12.5. The van der Waals surface area contributed by atoms with Gasteiger partial charge in [0, 0.05) is 32.4 Å². The Morgan fingerprint density at radius 3 is 2.95 bits per heavy atom. The van der Waals surface area contributed by atoms with Crippen LogP contribution in [0, 0.1) is 0 Å². The van der Waals surface area contributed by atoms with Crippen molar-refractivity contribution < 1.29 is 9.59 Å². The minimum Gasteiger partial charge on any atom is -0.332 e. The zero-order valence-electron chi connectivity index (χ0n) is 12.1. The van der Waals surface area contributed by atoms with Crippen LogP contribution >= 0.6 is 0 Å². The fourth-order valence-electron chi connectivity index (χ4n) is 3.50. The Hall–Kier alpha value is -2.64.